The van der Waals surface area contributed by atoms with Crippen LogP contribution >= 0.6 is 0 Å². The number of benzene rings is 1. The zero-order valence-corrected chi connectivity index (χ0v) is 10.9. The summed E-state index contributed by atoms with van der Waals surface area (Å²) in [5.74, 6) is 0.989. The molecular formula is C14H22FNO. The summed E-state index contributed by atoms with van der Waals surface area (Å²) in [6.07, 6.45) is 0.985. The Balaban J connectivity index is 2.55. The third-order valence-electron chi connectivity index (χ3n) is 2.47. The van der Waals surface area contributed by atoms with Gasteiger partial charge in [0.05, 0.1) is 6.61 Å². The Morgan fingerprint density at radius 1 is 1.29 bits per heavy atom. The summed E-state index contributed by atoms with van der Waals surface area (Å²) in [6, 6.07) is 4.87. The van der Waals surface area contributed by atoms with Crippen LogP contribution in [-0.2, 0) is 6.54 Å². The summed E-state index contributed by atoms with van der Waals surface area (Å²) in [4.78, 5) is 0. The minimum absolute atomic E-state index is 0.236. The van der Waals surface area contributed by atoms with E-state index in [0.29, 0.717) is 24.8 Å². The number of ether oxygens (including phenoxy) is 1. The summed E-state index contributed by atoms with van der Waals surface area (Å²) in [7, 11) is 0. The average Bonchev–Trinajstić information content (AvgIpc) is 2.25. The Labute approximate surface area is 103 Å². The molecule has 1 aromatic rings. The molecule has 0 radical (unpaired) electrons. The summed E-state index contributed by atoms with van der Waals surface area (Å²) >= 11 is 0. The van der Waals surface area contributed by atoms with Crippen molar-refractivity contribution in [1.29, 1.82) is 0 Å². The molecule has 0 heterocycles. The summed E-state index contributed by atoms with van der Waals surface area (Å²) in [5, 5.41) is 3.17. The lowest BCUT2D eigenvalue weighted by molar-refractivity contribution is 0.288. The van der Waals surface area contributed by atoms with Gasteiger partial charge in [-0.15, -0.1) is 0 Å². The van der Waals surface area contributed by atoms with Crippen molar-refractivity contribution >= 4 is 0 Å². The molecule has 0 unspecified atom stereocenters. The van der Waals surface area contributed by atoms with Gasteiger partial charge in [0.2, 0.25) is 0 Å². The van der Waals surface area contributed by atoms with E-state index in [4.69, 9.17) is 4.74 Å². The van der Waals surface area contributed by atoms with E-state index in [2.05, 4.69) is 19.2 Å². The van der Waals surface area contributed by atoms with Crippen molar-refractivity contribution in [3.63, 3.8) is 0 Å². The molecule has 0 saturated carbocycles. The molecule has 1 aromatic carbocycles. The van der Waals surface area contributed by atoms with Gasteiger partial charge < -0.3 is 10.1 Å². The Bertz CT molecular complexity index is 339. The van der Waals surface area contributed by atoms with Crippen molar-refractivity contribution in [1.82, 2.24) is 5.32 Å². The smallest absolute Gasteiger partial charge is 0.127 e. The molecule has 0 aliphatic heterocycles. The van der Waals surface area contributed by atoms with E-state index in [1.54, 1.807) is 0 Å². The largest absolute Gasteiger partial charge is 0.493 e. The van der Waals surface area contributed by atoms with E-state index in [-0.39, 0.29) is 5.82 Å². The van der Waals surface area contributed by atoms with E-state index < -0.39 is 0 Å². The van der Waals surface area contributed by atoms with Gasteiger partial charge in [-0.05, 0) is 36.6 Å². The highest BCUT2D eigenvalue weighted by Gasteiger charge is 2.02. The fraction of sp³-hybridized carbons (Fsp3) is 0.571. The van der Waals surface area contributed by atoms with Crippen molar-refractivity contribution in [2.24, 2.45) is 5.92 Å². The summed E-state index contributed by atoms with van der Waals surface area (Å²) in [6.45, 7) is 8.51. The van der Waals surface area contributed by atoms with Gasteiger partial charge in [0.25, 0.3) is 0 Å². The maximum atomic E-state index is 13.3. The zero-order chi connectivity index (χ0) is 12.7. The third kappa shape index (κ3) is 5.68. The topological polar surface area (TPSA) is 21.3 Å². The van der Waals surface area contributed by atoms with Crippen LogP contribution < -0.4 is 10.1 Å². The molecule has 0 saturated heterocycles. The van der Waals surface area contributed by atoms with Crippen molar-refractivity contribution in [3.05, 3.63) is 29.6 Å². The van der Waals surface area contributed by atoms with E-state index in [1.807, 2.05) is 13.0 Å². The quantitative estimate of drug-likeness (QED) is 0.787. The molecule has 0 atom stereocenters. The second kappa shape index (κ2) is 7.28. The maximum Gasteiger partial charge on any atom is 0.127 e. The fourth-order valence-corrected chi connectivity index (χ4v) is 1.49. The lowest BCUT2D eigenvalue weighted by Crippen LogP contribution is -2.12. The molecule has 0 aliphatic carbocycles. The van der Waals surface area contributed by atoms with Gasteiger partial charge in [-0.25, -0.2) is 4.39 Å². The molecule has 17 heavy (non-hydrogen) atoms. The highest BCUT2D eigenvalue weighted by Crippen LogP contribution is 2.17. The van der Waals surface area contributed by atoms with Crippen LogP contribution in [0.5, 0.6) is 5.75 Å². The molecule has 96 valence electrons. The normalized spacial score (nSPS) is 10.9. The van der Waals surface area contributed by atoms with Crippen LogP contribution in [0.25, 0.3) is 0 Å². The van der Waals surface area contributed by atoms with Gasteiger partial charge >= 0.3 is 0 Å². The van der Waals surface area contributed by atoms with E-state index in [0.717, 1.165) is 18.5 Å². The highest BCUT2D eigenvalue weighted by molar-refractivity contribution is 5.29. The van der Waals surface area contributed by atoms with Crippen LogP contribution in [0.4, 0.5) is 4.39 Å². The van der Waals surface area contributed by atoms with E-state index in [9.17, 15) is 4.39 Å². The van der Waals surface area contributed by atoms with E-state index >= 15 is 0 Å². The second-order valence-corrected chi connectivity index (χ2v) is 4.61. The lowest BCUT2D eigenvalue weighted by Gasteiger charge is -2.10. The number of rotatable bonds is 7. The minimum atomic E-state index is -0.236. The molecule has 2 nitrogen and oxygen atoms in total. The molecule has 0 aromatic heterocycles. The molecule has 0 amide bonds. The van der Waals surface area contributed by atoms with Crippen LogP contribution in [0.15, 0.2) is 18.2 Å². The molecular weight excluding hydrogens is 217 g/mol. The van der Waals surface area contributed by atoms with Gasteiger partial charge in [0.15, 0.2) is 0 Å². The summed E-state index contributed by atoms with van der Waals surface area (Å²) in [5.41, 5.74) is 0.923. The molecule has 1 rings (SSSR count). The van der Waals surface area contributed by atoms with Crippen molar-refractivity contribution in [3.8, 4) is 5.75 Å². The lowest BCUT2D eigenvalue weighted by atomic mass is 10.1. The number of hydrogen-bond acceptors (Lipinski definition) is 2. The zero-order valence-electron chi connectivity index (χ0n) is 10.9. The van der Waals surface area contributed by atoms with Crippen molar-refractivity contribution < 1.29 is 9.13 Å². The number of halogens is 1. The highest BCUT2D eigenvalue weighted by atomic mass is 19.1. The van der Waals surface area contributed by atoms with Gasteiger partial charge in [-0.3, -0.25) is 0 Å². The molecule has 0 aliphatic rings. The monoisotopic (exact) mass is 239 g/mol. The molecule has 0 bridgehead atoms. The van der Waals surface area contributed by atoms with Crippen LogP contribution in [0.3, 0.4) is 0 Å². The van der Waals surface area contributed by atoms with Crippen LogP contribution in [0, 0.1) is 11.7 Å². The third-order valence-corrected chi connectivity index (χ3v) is 2.47. The van der Waals surface area contributed by atoms with Crippen LogP contribution in [-0.4, -0.2) is 13.2 Å². The first-order valence-electron chi connectivity index (χ1n) is 6.24. The van der Waals surface area contributed by atoms with Gasteiger partial charge in [-0.1, -0.05) is 20.8 Å². The first kappa shape index (κ1) is 14.0. The van der Waals surface area contributed by atoms with Gasteiger partial charge in [-0.2, -0.15) is 0 Å². The first-order chi connectivity index (χ1) is 8.11. The predicted octanol–water partition coefficient (Wildman–Crippen LogP) is 3.36. The minimum Gasteiger partial charge on any atom is -0.493 e. The van der Waals surface area contributed by atoms with Crippen molar-refractivity contribution in [2.75, 3.05) is 13.2 Å². The second-order valence-electron chi connectivity index (χ2n) is 4.61. The fourth-order valence-electron chi connectivity index (χ4n) is 1.49. The molecule has 3 heteroatoms. The molecule has 1 N–H and O–H groups in total. The Hall–Kier alpha value is -1.09. The Morgan fingerprint density at radius 2 is 2.06 bits per heavy atom. The standard InChI is InChI=1S/C14H22FNO/c1-4-16-10-12-7-13(15)9-14(8-12)17-6-5-11(2)3/h7-9,11,16H,4-6,10H2,1-3H3. The Kier molecular flexibility index (Phi) is 5.98. The average molecular weight is 239 g/mol. The predicted molar refractivity (Wildman–Crippen MR) is 68.7 cm³/mol. The van der Waals surface area contributed by atoms with Gasteiger partial charge in [0, 0.05) is 12.6 Å². The van der Waals surface area contributed by atoms with E-state index in [1.165, 1.54) is 12.1 Å². The molecule has 0 fully saturated rings. The van der Waals surface area contributed by atoms with Gasteiger partial charge in [0.1, 0.15) is 11.6 Å². The number of hydrogen-bond donors (Lipinski definition) is 1. The maximum absolute atomic E-state index is 13.3. The van der Waals surface area contributed by atoms with Crippen LogP contribution in [0.2, 0.25) is 0 Å². The molecule has 0 spiro atoms. The Morgan fingerprint density at radius 3 is 2.71 bits per heavy atom. The SMILES string of the molecule is CCNCc1cc(F)cc(OCCC(C)C)c1. The first-order valence-corrected chi connectivity index (χ1v) is 6.24. The van der Waals surface area contributed by atoms with Crippen molar-refractivity contribution in [2.45, 2.75) is 33.7 Å². The van der Waals surface area contributed by atoms with Crippen LogP contribution in [0.1, 0.15) is 32.8 Å². The summed E-state index contributed by atoms with van der Waals surface area (Å²) < 4.78 is 18.9. The number of nitrogens with one attached hydrogen (secondary N) is 1.